The maximum atomic E-state index is 5.71. The van der Waals surface area contributed by atoms with Gasteiger partial charge in [0.05, 0.1) is 34.1 Å². The molecule has 0 radical (unpaired) electrons. The highest BCUT2D eigenvalue weighted by Crippen LogP contribution is 2.47. The lowest BCUT2D eigenvalue weighted by atomic mass is 10.1. The van der Waals surface area contributed by atoms with Crippen molar-refractivity contribution in [2.75, 3.05) is 15.5 Å². The van der Waals surface area contributed by atoms with Crippen LogP contribution in [0, 0.1) is 0 Å². The molecule has 5 aromatic carbocycles. The molecule has 0 atom stereocenters. The molecule has 2 aliphatic rings. The Hall–Kier alpha value is -4.70. The number of hydrogen-bond donors (Lipinski definition) is 2. The molecule has 0 aromatic heterocycles. The lowest BCUT2D eigenvalue weighted by Gasteiger charge is -2.33. The number of rotatable bonds is 1. The summed E-state index contributed by atoms with van der Waals surface area (Å²) in [4.78, 5) is 2.29. The van der Waals surface area contributed by atoms with Crippen LogP contribution in [0.5, 0.6) is 11.5 Å². The predicted octanol–water partition coefficient (Wildman–Crippen LogP) is 8.75. The molecule has 0 fully saturated rings. The summed E-state index contributed by atoms with van der Waals surface area (Å²) in [7, 11) is 0. The average molecular weight is 442 g/mol. The molecule has 0 aliphatic carbocycles. The van der Waals surface area contributed by atoms with Gasteiger partial charge in [0, 0.05) is 5.69 Å². The first-order chi connectivity index (χ1) is 16.9. The van der Waals surface area contributed by atoms with E-state index in [2.05, 4.69) is 88.3 Å². The van der Waals surface area contributed by atoms with E-state index >= 15 is 0 Å². The number of benzene rings is 5. The van der Waals surface area contributed by atoms with Crippen molar-refractivity contribution in [1.29, 1.82) is 0 Å². The second-order valence-electron chi connectivity index (χ2n) is 8.05. The first-order valence-electron chi connectivity index (χ1n) is 11.3. The van der Waals surface area contributed by atoms with Gasteiger partial charge < -0.3 is 20.3 Å². The molecule has 0 amide bonds. The van der Waals surface area contributed by atoms with E-state index in [1.807, 2.05) is 54.6 Å². The highest BCUT2D eigenvalue weighted by atomic mass is 16.5. The van der Waals surface area contributed by atoms with Gasteiger partial charge >= 0.3 is 0 Å². The van der Waals surface area contributed by atoms with E-state index < -0.39 is 0 Å². The maximum absolute atomic E-state index is 5.71. The quantitative estimate of drug-likeness (QED) is 0.267. The van der Waals surface area contributed by atoms with Crippen molar-refractivity contribution in [3.05, 3.63) is 127 Å². The zero-order valence-electron chi connectivity index (χ0n) is 18.5. The van der Waals surface area contributed by atoms with Gasteiger partial charge in [0.15, 0.2) is 11.5 Å². The van der Waals surface area contributed by atoms with E-state index in [-0.39, 0.29) is 0 Å². The Labute approximate surface area is 199 Å². The monoisotopic (exact) mass is 441 g/mol. The third-order valence-electron chi connectivity index (χ3n) is 5.84. The number of para-hydroxylation sites is 9. The smallest absolute Gasteiger partial charge is 0.150 e. The van der Waals surface area contributed by atoms with Crippen LogP contribution in [-0.2, 0) is 0 Å². The zero-order valence-corrected chi connectivity index (χ0v) is 18.5. The lowest BCUT2D eigenvalue weighted by molar-refractivity contribution is 0.481. The zero-order chi connectivity index (χ0) is 22.7. The van der Waals surface area contributed by atoms with Crippen LogP contribution in [0.4, 0.5) is 39.8 Å². The fourth-order valence-electron chi connectivity index (χ4n) is 4.26. The van der Waals surface area contributed by atoms with Crippen molar-refractivity contribution < 1.29 is 4.74 Å². The van der Waals surface area contributed by atoms with Gasteiger partial charge in [0.25, 0.3) is 0 Å². The number of fused-ring (bicyclic) bond motifs is 4. The normalized spacial score (nSPS) is 12.2. The molecule has 0 saturated heterocycles. The third kappa shape index (κ3) is 3.71. The standard InChI is InChI=1S/C18H14N2.C12H9NO/c1-2-8-14(9-3-1)20-17-12-6-4-10-15(17)19-16-11-5-7-13-18(16)20;1-3-7-11-9(5-1)13-10-6-2-4-8-12(10)14-11/h1-13,19H;1-8,13H. The molecule has 164 valence electrons. The Bertz CT molecular complexity index is 1320. The van der Waals surface area contributed by atoms with E-state index in [0.717, 1.165) is 34.2 Å². The minimum Gasteiger partial charge on any atom is -0.453 e. The van der Waals surface area contributed by atoms with Crippen LogP contribution in [0.3, 0.4) is 0 Å². The highest BCUT2D eigenvalue weighted by molar-refractivity contribution is 5.96. The number of nitrogens with one attached hydrogen (secondary N) is 2. The molecule has 2 N–H and O–H groups in total. The number of nitrogens with zero attached hydrogens (tertiary/aromatic N) is 1. The van der Waals surface area contributed by atoms with Crippen molar-refractivity contribution in [2.45, 2.75) is 0 Å². The average Bonchev–Trinajstić information content (AvgIpc) is 2.91. The minimum absolute atomic E-state index is 0.881. The van der Waals surface area contributed by atoms with Crippen molar-refractivity contribution in [1.82, 2.24) is 0 Å². The largest absolute Gasteiger partial charge is 0.453 e. The van der Waals surface area contributed by atoms with Gasteiger partial charge in [-0.3, -0.25) is 0 Å². The Morgan fingerprint density at radius 1 is 0.412 bits per heavy atom. The molecule has 0 bridgehead atoms. The molecule has 0 saturated carbocycles. The highest BCUT2D eigenvalue weighted by Gasteiger charge is 2.22. The first kappa shape index (κ1) is 19.9. The first-order valence-corrected chi connectivity index (χ1v) is 11.3. The van der Waals surface area contributed by atoms with Crippen molar-refractivity contribution >= 4 is 39.8 Å². The van der Waals surface area contributed by atoms with Gasteiger partial charge in [-0.1, -0.05) is 66.7 Å². The minimum atomic E-state index is 0.881. The predicted molar refractivity (Wildman–Crippen MR) is 141 cm³/mol. The Balaban J connectivity index is 0.000000136. The Kier molecular flexibility index (Phi) is 5.09. The second kappa shape index (κ2) is 8.68. The van der Waals surface area contributed by atoms with E-state index in [9.17, 15) is 0 Å². The second-order valence-corrected chi connectivity index (χ2v) is 8.05. The summed E-state index contributed by atoms with van der Waals surface area (Å²) in [6.45, 7) is 0. The van der Waals surface area contributed by atoms with Crippen molar-refractivity contribution in [3.63, 3.8) is 0 Å². The topological polar surface area (TPSA) is 36.5 Å². The number of ether oxygens (including phenoxy) is 1. The van der Waals surface area contributed by atoms with Crippen molar-refractivity contribution in [2.24, 2.45) is 0 Å². The van der Waals surface area contributed by atoms with Gasteiger partial charge in [0.1, 0.15) is 0 Å². The van der Waals surface area contributed by atoms with E-state index in [0.29, 0.717) is 0 Å². The van der Waals surface area contributed by atoms with Crippen LogP contribution >= 0.6 is 0 Å². The van der Waals surface area contributed by atoms with Crippen molar-refractivity contribution in [3.8, 4) is 11.5 Å². The van der Waals surface area contributed by atoms with Gasteiger partial charge in [-0.15, -0.1) is 0 Å². The fourth-order valence-corrected chi connectivity index (χ4v) is 4.26. The van der Waals surface area contributed by atoms with Crippen LogP contribution in [0.25, 0.3) is 0 Å². The van der Waals surface area contributed by atoms with Crippen LogP contribution in [0.1, 0.15) is 0 Å². The molecule has 2 aliphatic heterocycles. The van der Waals surface area contributed by atoms with E-state index in [1.165, 1.54) is 17.1 Å². The molecular formula is C30H23N3O. The van der Waals surface area contributed by atoms with E-state index in [1.54, 1.807) is 0 Å². The Morgan fingerprint density at radius 2 is 0.824 bits per heavy atom. The third-order valence-corrected chi connectivity index (χ3v) is 5.84. The molecule has 0 unspecified atom stereocenters. The van der Waals surface area contributed by atoms with Gasteiger partial charge in [-0.05, 0) is 60.7 Å². The summed E-state index contributed by atoms with van der Waals surface area (Å²) in [5.41, 5.74) is 7.84. The molecule has 4 nitrogen and oxygen atoms in total. The molecular weight excluding hydrogens is 418 g/mol. The summed E-state index contributed by atoms with van der Waals surface area (Å²) in [6, 6.07) is 43.1. The molecule has 4 heteroatoms. The van der Waals surface area contributed by atoms with Crippen LogP contribution in [-0.4, -0.2) is 0 Å². The molecule has 7 rings (SSSR count). The molecule has 34 heavy (non-hydrogen) atoms. The van der Waals surface area contributed by atoms with Crippen LogP contribution in [0.2, 0.25) is 0 Å². The molecule has 0 spiro atoms. The van der Waals surface area contributed by atoms with Gasteiger partial charge in [-0.2, -0.15) is 0 Å². The summed E-state index contributed by atoms with van der Waals surface area (Å²) in [5, 5.41) is 6.81. The van der Waals surface area contributed by atoms with Gasteiger partial charge in [0.2, 0.25) is 0 Å². The Morgan fingerprint density at radius 3 is 1.38 bits per heavy atom. The summed E-state index contributed by atoms with van der Waals surface area (Å²) in [6.07, 6.45) is 0. The van der Waals surface area contributed by atoms with Gasteiger partial charge in [-0.25, -0.2) is 0 Å². The summed E-state index contributed by atoms with van der Waals surface area (Å²) < 4.78 is 5.71. The van der Waals surface area contributed by atoms with Crippen LogP contribution < -0.4 is 20.3 Å². The summed E-state index contributed by atoms with van der Waals surface area (Å²) in [5.74, 6) is 1.76. The maximum Gasteiger partial charge on any atom is 0.150 e. The lowest BCUT2D eigenvalue weighted by Crippen LogP contribution is -2.17. The molecule has 5 aromatic rings. The number of anilines is 7. The number of hydrogen-bond acceptors (Lipinski definition) is 4. The fraction of sp³-hybridized carbons (Fsp3) is 0. The molecule has 2 heterocycles. The van der Waals surface area contributed by atoms with Crippen LogP contribution in [0.15, 0.2) is 127 Å². The summed E-state index contributed by atoms with van der Waals surface area (Å²) >= 11 is 0. The SMILES string of the molecule is c1ccc(N2c3ccccc3Nc3ccccc32)cc1.c1ccc2c(c1)Nc1ccccc1O2. The van der Waals surface area contributed by atoms with E-state index in [4.69, 9.17) is 4.74 Å².